The van der Waals surface area contributed by atoms with Crippen LogP contribution < -0.4 is 10.2 Å². The minimum absolute atomic E-state index is 0.0333. The molecule has 5 nitrogen and oxygen atoms in total. The largest absolute Gasteiger partial charge is 0.359 e. The summed E-state index contributed by atoms with van der Waals surface area (Å²) < 4.78 is 0.981. The van der Waals surface area contributed by atoms with Gasteiger partial charge in [0.05, 0.1) is 3.57 Å². The molecular formula is C9H13IN4O. The summed E-state index contributed by atoms with van der Waals surface area (Å²) in [6.07, 6.45) is 3.72. The molecule has 6 heteroatoms. The topological polar surface area (TPSA) is 58.1 Å². The Morgan fingerprint density at radius 2 is 2.40 bits per heavy atom. The Morgan fingerprint density at radius 3 is 3.00 bits per heavy atom. The third-order valence-corrected chi connectivity index (χ3v) is 2.72. The summed E-state index contributed by atoms with van der Waals surface area (Å²) >= 11 is 2.17. The standard InChI is InChI=1S/C9H13IN4O/c1-11-8(15)3-4-14(2)9-7(10)5-12-6-13-9/h5-6H,3-4H2,1-2H3,(H,11,15). The molecule has 1 aromatic heterocycles. The van der Waals surface area contributed by atoms with Gasteiger partial charge in [0.1, 0.15) is 12.1 Å². The van der Waals surface area contributed by atoms with Gasteiger partial charge >= 0.3 is 0 Å². The molecule has 1 heterocycles. The third-order valence-electron chi connectivity index (χ3n) is 1.96. The number of halogens is 1. The molecule has 0 unspecified atom stereocenters. The van der Waals surface area contributed by atoms with E-state index < -0.39 is 0 Å². The minimum atomic E-state index is 0.0333. The SMILES string of the molecule is CNC(=O)CCN(C)c1ncncc1I. The second-order valence-electron chi connectivity index (χ2n) is 3.04. The van der Waals surface area contributed by atoms with Crippen LogP contribution in [0, 0.1) is 3.57 Å². The molecule has 0 aliphatic heterocycles. The van der Waals surface area contributed by atoms with E-state index in [9.17, 15) is 4.79 Å². The lowest BCUT2D eigenvalue weighted by molar-refractivity contribution is -0.120. The highest BCUT2D eigenvalue weighted by molar-refractivity contribution is 14.1. The van der Waals surface area contributed by atoms with Crippen LogP contribution in [-0.2, 0) is 4.79 Å². The van der Waals surface area contributed by atoms with Crippen LogP contribution in [0.25, 0.3) is 0 Å². The summed E-state index contributed by atoms with van der Waals surface area (Å²) in [6.45, 7) is 0.646. The number of rotatable bonds is 4. The van der Waals surface area contributed by atoms with Gasteiger partial charge in [0.2, 0.25) is 5.91 Å². The summed E-state index contributed by atoms with van der Waals surface area (Å²) in [6, 6.07) is 0. The monoisotopic (exact) mass is 320 g/mol. The summed E-state index contributed by atoms with van der Waals surface area (Å²) in [5.41, 5.74) is 0. The predicted molar refractivity (Wildman–Crippen MR) is 66.7 cm³/mol. The zero-order chi connectivity index (χ0) is 11.3. The molecule has 1 rings (SSSR count). The normalized spacial score (nSPS) is 9.80. The summed E-state index contributed by atoms with van der Waals surface area (Å²) in [5, 5.41) is 2.59. The van der Waals surface area contributed by atoms with Crippen LogP contribution in [0.15, 0.2) is 12.5 Å². The Hall–Kier alpha value is -0.920. The highest BCUT2D eigenvalue weighted by Gasteiger charge is 2.08. The van der Waals surface area contributed by atoms with Crippen LogP contribution in [0.2, 0.25) is 0 Å². The molecule has 0 spiro atoms. The second-order valence-corrected chi connectivity index (χ2v) is 4.20. The van der Waals surface area contributed by atoms with Crippen molar-refractivity contribution >= 4 is 34.3 Å². The Morgan fingerprint density at radius 1 is 1.67 bits per heavy atom. The fourth-order valence-electron chi connectivity index (χ4n) is 1.09. The molecule has 15 heavy (non-hydrogen) atoms. The van der Waals surface area contributed by atoms with Gasteiger partial charge in [-0.25, -0.2) is 9.97 Å². The van der Waals surface area contributed by atoms with Crippen LogP contribution in [0.1, 0.15) is 6.42 Å². The zero-order valence-corrected chi connectivity index (χ0v) is 10.9. The number of hydrogen-bond acceptors (Lipinski definition) is 4. The average Bonchev–Trinajstić information content (AvgIpc) is 2.26. The maximum Gasteiger partial charge on any atom is 0.221 e. The van der Waals surface area contributed by atoms with E-state index in [1.807, 2.05) is 11.9 Å². The lowest BCUT2D eigenvalue weighted by atomic mass is 10.3. The molecule has 0 atom stereocenters. The van der Waals surface area contributed by atoms with Gasteiger partial charge < -0.3 is 10.2 Å². The minimum Gasteiger partial charge on any atom is -0.359 e. The molecule has 0 saturated carbocycles. The average molecular weight is 320 g/mol. The molecule has 1 amide bonds. The van der Waals surface area contributed by atoms with E-state index in [1.165, 1.54) is 6.33 Å². The van der Waals surface area contributed by atoms with Crippen molar-refractivity contribution < 1.29 is 4.79 Å². The molecule has 0 aliphatic rings. The van der Waals surface area contributed by atoms with E-state index in [0.717, 1.165) is 9.39 Å². The number of amides is 1. The van der Waals surface area contributed by atoms with Crippen LogP contribution in [0.3, 0.4) is 0 Å². The molecule has 1 N–H and O–H groups in total. The third kappa shape index (κ3) is 3.61. The van der Waals surface area contributed by atoms with E-state index in [0.29, 0.717) is 13.0 Å². The van der Waals surface area contributed by atoms with Crippen molar-refractivity contribution in [1.29, 1.82) is 0 Å². The second kappa shape index (κ2) is 5.84. The van der Waals surface area contributed by atoms with Crippen LogP contribution in [0.4, 0.5) is 5.82 Å². The first-order valence-corrected chi connectivity index (χ1v) is 5.60. The van der Waals surface area contributed by atoms with E-state index in [4.69, 9.17) is 0 Å². The Balaban J connectivity index is 2.57. The van der Waals surface area contributed by atoms with Crippen molar-refractivity contribution in [2.24, 2.45) is 0 Å². The Labute approximate surface area is 102 Å². The lowest BCUT2D eigenvalue weighted by Crippen LogP contribution is -2.27. The van der Waals surface area contributed by atoms with E-state index in [1.54, 1.807) is 13.2 Å². The fourth-order valence-corrected chi connectivity index (χ4v) is 1.80. The number of nitrogens with zero attached hydrogens (tertiary/aromatic N) is 3. The first kappa shape index (κ1) is 12.2. The lowest BCUT2D eigenvalue weighted by Gasteiger charge is -2.18. The molecule has 0 radical (unpaired) electrons. The van der Waals surface area contributed by atoms with Gasteiger partial charge in [0, 0.05) is 33.3 Å². The number of anilines is 1. The summed E-state index contributed by atoms with van der Waals surface area (Å²) in [4.78, 5) is 21.1. The number of carbonyl (C=O) groups is 1. The van der Waals surface area contributed by atoms with Gasteiger partial charge in [-0.05, 0) is 22.6 Å². The van der Waals surface area contributed by atoms with Gasteiger partial charge in [-0.15, -0.1) is 0 Å². The Kier molecular flexibility index (Phi) is 4.73. The van der Waals surface area contributed by atoms with E-state index in [2.05, 4.69) is 37.9 Å². The smallest absolute Gasteiger partial charge is 0.221 e. The summed E-state index contributed by atoms with van der Waals surface area (Å²) in [7, 11) is 3.55. The number of hydrogen-bond donors (Lipinski definition) is 1. The van der Waals surface area contributed by atoms with Crippen LogP contribution in [0.5, 0.6) is 0 Å². The van der Waals surface area contributed by atoms with E-state index in [-0.39, 0.29) is 5.91 Å². The maximum absolute atomic E-state index is 11.1. The molecular weight excluding hydrogens is 307 g/mol. The zero-order valence-electron chi connectivity index (χ0n) is 8.70. The maximum atomic E-state index is 11.1. The van der Waals surface area contributed by atoms with Gasteiger partial charge in [-0.2, -0.15) is 0 Å². The molecule has 0 aliphatic carbocycles. The predicted octanol–water partition coefficient (Wildman–Crippen LogP) is 0.654. The molecule has 1 aromatic rings. The van der Waals surface area contributed by atoms with Crippen molar-refractivity contribution in [1.82, 2.24) is 15.3 Å². The van der Waals surface area contributed by atoms with Gasteiger partial charge in [-0.1, -0.05) is 0 Å². The van der Waals surface area contributed by atoms with Crippen molar-refractivity contribution in [2.75, 3.05) is 25.5 Å². The highest BCUT2D eigenvalue weighted by Crippen LogP contribution is 2.16. The first-order valence-electron chi connectivity index (χ1n) is 4.52. The van der Waals surface area contributed by atoms with Gasteiger partial charge in [0.25, 0.3) is 0 Å². The number of aromatic nitrogens is 2. The summed E-state index contributed by atoms with van der Waals surface area (Å²) in [5.74, 6) is 0.889. The van der Waals surface area contributed by atoms with E-state index >= 15 is 0 Å². The molecule has 0 fully saturated rings. The van der Waals surface area contributed by atoms with Gasteiger partial charge in [-0.3, -0.25) is 4.79 Å². The van der Waals surface area contributed by atoms with Gasteiger partial charge in [0.15, 0.2) is 0 Å². The van der Waals surface area contributed by atoms with Crippen LogP contribution in [-0.4, -0.2) is 36.5 Å². The van der Waals surface area contributed by atoms with Crippen molar-refractivity contribution in [3.63, 3.8) is 0 Å². The molecule has 0 aromatic carbocycles. The number of nitrogens with one attached hydrogen (secondary N) is 1. The van der Waals surface area contributed by atoms with Crippen molar-refractivity contribution in [3.05, 3.63) is 16.1 Å². The Bertz CT molecular complexity index is 345. The fraction of sp³-hybridized carbons (Fsp3) is 0.444. The quantitative estimate of drug-likeness (QED) is 0.828. The van der Waals surface area contributed by atoms with Crippen molar-refractivity contribution in [2.45, 2.75) is 6.42 Å². The highest BCUT2D eigenvalue weighted by atomic mass is 127. The molecule has 0 saturated heterocycles. The van der Waals surface area contributed by atoms with Crippen molar-refractivity contribution in [3.8, 4) is 0 Å². The number of carbonyl (C=O) groups excluding carboxylic acids is 1. The van der Waals surface area contributed by atoms with Crippen LogP contribution >= 0.6 is 22.6 Å². The molecule has 82 valence electrons. The first-order chi connectivity index (χ1) is 7.15. The molecule has 0 bridgehead atoms.